The number of amides is 1. The maximum atomic E-state index is 12.4. The van der Waals surface area contributed by atoms with Gasteiger partial charge in [-0.3, -0.25) is 9.69 Å². The van der Waals surface area contributed by atoms with Gasteiger partial charge in [-0.1, -0.05) is 12.2 Å². The SMILES string of the molecule is CCOc1ccc(C(=O)N2CCN(CC(N)=S)CC2)cc1. The topological polar surface area (TPSA) is 58.8 Å². The minimum absolute atomic E-state index is 0.0630. The Labute approximate surface area is 130 Å². The predicted octanol–water partition coefficient (Wildman–Crippen LogP) is 1.13. The van der Waals surface area contributed by atoms with Crippen molar-refractivity contribution < 1.29 is 9.53 Å². The summed E-state index contributed by atoms with van der Waals surface area (Å²) in [7, 11) is 0. The predicted molar refractivity (Wildman–Crippen MR) is 86.7 cm³/mol. The molecular formula is C15H21N3O2S. The molecule has 1 heterocycles. The van der Waals surface area contributed by atoms with Gasteiger partial charge in [-0.15, -0.1) is 0 Å². The van der Waals surface area contributed by atoms with Crippen molar-refractivity contribution in [2.24, 2.45) is 5.73 Å². The third kappa shape index (κ3) is 4.41. The molecule has 21 heavy (non-hydrogen) atoms. The van der Waals surface area contributed by atoms with E-state index in [9.17, 15) is 4.79 Å². The molecule has 1 aromatic rings. The summed E-state index contributed by atoms with van der Waals surface area (Å²) in [6.07, 6.45) is 0. The van der Waals surface area contributed by atoms with E-state index in [1.165, 1.54) is 0 Å². The number of ether oxygens (including phenoxy) is 1. The van der Waals surface area contributed by atoms with Crippen molar-refractivity contribution in [2.45, 2.75) is 6.92 Å². The molecule has 5 nitrogen and oxygen atoms in total. The quantitative estimate of drug-likeness (QED) is 0.826. The van der Waals surface area contributed by atoms with E-state index < -0.39 is 0 Å². The first-order valence-electron chi connectivity index (χ1n) is 7.13. The molecule has 1 amide bonds. The number of hydrogen-bond donors (Lipinski definition) is 1. The van der Waals surface area contributed by atoms with Crippen molar-refractivity contribution in [1.82, 2.24) is 9.80 Å². The number of piperazine rings is 1. The standard InChI is InChI=1S/C15H21N3O2S/c1-2-20-13-5-3-12(4-6-13)15(19)18-9-7-17(8-10-18)11-14(16)21/h3-6H,2,7-11H2,1H3,(H2,16,21). The van der Waals surface area contributed by atoms with Crippen LogP contribution in [0, 0.1) is 0 Å². The summed E-state index contributed by atoms with van der Waals surface area (Å²) in [5, 5.41) is 0. The fraction of sp³-hybridized carbons (Fsp3) is 0.467. The molecule has 0 aliphatic carbocycles. The normalized spacial score (nSPS) is 15.8. The van der Waals surface area contributed by atoms with Gasteiger partial charge in [0.05, 0.1) is 11.6 Å². The lowest BCUT2D eigenvalue weighted by atomic mass is 10.1. The Hall–Kier alpha value is -1.66. The van der Waals surface area contributed by atoms with Gasteiger partial charge < -0.3 is 15.4 Å². The Balaban J connectivity index is 1.90. The summed E-state index contributed by atoms with van der Waals surface area (Å²) in [6.45, 7) is 6.20. The largest absolute Gasteiger partial charge is 0.494 e. The van der Waals surface area contributed by atoms with E-state index in [4.69, 9.17) is 22.7 Å². The molecular weight excluding hydrogens is 286 g/mol. The van der Waals surface area contributed by atoms with Crippen LogP contribution in [0.25, 0.3) is 0 Å². The molecule has 2 N–H and O–H groups in total. The van der Waals surface area contributed by atoms with E-state index in [2.05, 4.69) is 4.90 Å². The van der Waals surface area contributed by atoms with Crippen LogP contribution in [0.3, 0.4) is 0 Å². The summed E-state index contributed by atoms with van der Waals surface area (Å²) in [5.74, 6) is 0.850. The van der Waals surface area contributed by atoms with Gasteiger partial charge in [0, 0.05) is 38.3 Å². The van der Waals surface area contributed by atoms with Crippen molar-refractivity contribution in [3.8, 4) is 5.75 Å². The Morgan fingerprint density at radius 3 is 2.38 bits per heavy atom. The Morgan fingerprint density at radius 2 is 1.86 bits per heavy atom. The van der Waals surface area contributed by atoms with Crippen LogP contribution in [0.4, 0.5) is 0 Å². The van der Waals surface area contributed by atoms with Crippen LogP contribution in [0.1, 0.15) is 17.3 Å². The molecule has 114 valence electrons. The molecule has 0 aromatic heterocycles. The third-order valence-electron chi connectivity index (χ3n) is 3.45. The lowest BCUT2D eigenvalue weighted by Gasteiger charge is -2.34. The van der Waals surface area contributed by atoms with E-state index in [1.54, 1.807) is 0 Å². The van der Waals surface area contributed by atoms with Crippen LogP contribution in [-0.4, -0.2) is 60.0 Å². The van der Waals surface area contributed by atoms with Gasteiger partial charge in [0.1, 0.15) is 5.75 Å². The zero-order valence-electron chi connectivity index (χ0n) is 12.2. The molecule has 1 fully saturated rings. The Bertz CT molecular complexity index is 496. The molecule has 0 unspecified atom stereocenters. The van der Waals surface area contributed by atoms with Crippen LogP contribution in [0.15, 0.2) is 24.3 Å². The van der Waals surface area contributed by atoms with Crippen molar-refractivity contribution in [2.75, 3.05) is 39.3 Å². The summed E-state index contributed by atoms with van der Waals surface area (Å²) in [4.78, 5) is 17.0. The zero-order valence-corrected chi connectivity index (χ0v) is 13.1. The van der Waals surface area contributed by atoms with Gasteiger partial charge >= 0.3 is 0 Å². The molecule has 2 rings (SSSR count). The maximum Gasteiger partial charge on any atom is 0.253 e. The first-order valence-corrected chi connectivity index (χ1v) is 7.53. The number of carbonyl (C=O) groups is 1. The van der Waals surface area contributed by atoms with Crippen LogP contribution in [0.2, 0.25) is 0 Å². The van der Waals surface area contributed by atoms with E-state index >= 15 is 0 Å². The fourth-order valence-corrected chi connectivity index (χ4v) is 2.56. The first-order chi connectivity index (χ1) is 10.1. The number of nitrogens with two attached hydrogens (primary N) is 1. The first kappa shape index (κ1) is 15.7. The molecule has 0 radical (unpaired) electrons. The second-order valence-corrected chi connectivity index (χ2v) is 5.52. The van der Waals surface area contributed by atoms with Crippen LogP contribution < -0.4 is 10.5 Å². The van der Waals surface area contributed by atoms with Crippen molar-refractivity contribution in [3.05, 3.63) is 29.8 Å². The monoisotopic (exact) mass is 307 g/mol. The second kappa shape index (κ2) is 7.38. The van der Waals surface area contributed by atoms with Gasteiger partial charge in [-0.05, 0) is 31.2 Å². The fourth-order valence-electron chi connectivity index (χ4n) is 2.37. The van der Waals surface area contributed by atoms with Crippen LogP contribution in [0.5, 0.6) is 5.75 Å². The highest BCUT2D eigenvalue weighted by molar-refractivity contribution is 7.80. The van der Waals surface area contributed by atoms with Crippen molar-refractivity contribution in [1.29, 1.82) is 0 Å². The molecule has 1 saturated heterocycles. The second-order valence-electron chi connectivity index (χ2n) is 4.99. The molecule has 1 aliphatic rings. The molecule has 0 bridgehead atoms. The van der Waals surface area contributed by atoms with Gasteiger partial charge in [0.25, 0.3) is 5.91 Å². The average Bonchev–Trinajstić information content (AvgIpc) is 2.48. The highest BCUT2D eigenvalue weighted by Gasteiger charge is 2.22. The van der Waals surface area contributed by atoms with Gasteiger partial charge in [-0.25, -0.2) is 0 Å². The van der Waals surface area contributed by atoms with E-state index in [0.29, 0.717) is 36.8 Å². The minimum Gasteiger partial charge on any atom is -0.494 e. The minimum atomic E-state index is 0.0630. The van der Waals surface area contributed by atoms with Crippen molar-refractivity contribution >= 4 is 23.1 Å². The van der Waals surface area contributed by atoms with E-state index in [-0.39, 0.29) is 5.91 Å². The summed E-state index contributed by atoms with van der Waals surface area (Å²) in [6, 6.07) is 7.29. The molecule has 0 spiro atoms. The molecule has 0 atom stereocenters. The van der Waals surface area contributed by atoms with Gasteiger partial charge in [0.2, 0.25) is 0 Å². The highest BCUT2D eigenvalue weighted by atomic mass is 32.1. The van der Waals surface area contributed by atoms with E-state index in [1.807, 2.05) is 36.1 Å². The lowest BCUT2D eigenvalue weighted by Crippen LogP contribution is -2.50. The number of carbonyl (C=O) groups excluding carboxylic acids is 1. The number of hydrogen-bond acceptors (Lipinski definition) is 4. The zero-order chi connectivity index (χ0) is 15.2. The highest BCUT2D eigenvalue weighted by Crippen LogP contribution is 2.14. The van der Waals surface area contributed by atoms with Crippen LogP contribution >= 0.6 is 12.2 Å². The number of nitrogens with zero attached hydrogens (tertiary/aromatic N) is 2. The number of rotatable bonds is 5. The summed E-state index contributed by atoms with van der Waals surface area (Å²) in [5.41, 5.74) is 6.24. The Morgan fingerprint density at radius 1 is 1.24 bits per heavy atom. The molecule has 1 aliphatic heterocycles. The summed E-state index contributed by atoms with van der Waals surface area (Å²) < 4.78 is 5.38. The number of benzene rings is 1. The van der Waals surface area contributed by atoms with Crippen LogP contribution in [-0.2, 0) is 0 Å². The molecule has 6 heteroatoms. The van der Waals surface area contributed by atoms with E-state index in [0.717, 1.165) is 18.8 Å². The molecule has 1 aromatic carbocycles. The average molecular weight is 307 g/mol. The van der Waals surface area contributed by atoms with Gasteiger partial charge in [-0.2, -0.15) is 0 Å². The summed E-state index contributed by atoms with van der Waals surface area (Å²) >= 11 is 4.91. The number of thiocarbonyl (C=S) groups is 1. The van der Waals surface area contributed by atoms with Gasteiger partial charge in [0.15, 0.2) is 0 Å². The smallest absolute Gasteiger partial charge is 0.253 e. The lowest BCUT2D eigenvalue weighted by molar-refractivity contribution is 0.0654. The van der Waals surface area contributed by atoms with Crippen molar-refractivity contribution in [3.63, 3.8) is 0 Å². The third-order valence-corrected chi connectivity index (χ3v) is 3.58. The maximum absolute atomic E-state index is 12.4. The Kier molecular flexibility index (Phi) is 5.52. The molecule has 0 saturated carbocycles.